The van der Waals surface area contributed by atoms with E-state index in [2.05, 4.69) is 30.4 Å². The summed E-state index contributed by atoms with van der Waals surface area (Å²) in [5.74, 6) is -1.40. The number of esters is 1. The van der Waals surface area contributed by atoms with Gasteiger partial charge < -0.3 is 4.74 Å². The molecule has 0 bridgehead atoms. The molecule has 0 unspecified atom stereocenters. The Hall–Kier alpha value is -4.75. The maximum Gasteiger partial charge on any atom is 0.337 e. The van der Waals surface area contributed by atoms with Crippen molar-refractivity contribution >= 4 is 38.7 Å². The minimum Gasteiger partial charge on any atom is -0.465 e. The summed E-state index contributed by atoms with van der Waals surface area (Å²) in [6, 6.07) is 32.2. The maximum atomic E-state index is 13.6. The molecule has 0 spiro atoms. The molecule has 202 valence electrons. The summed E-state index contributed by atoms with van der Waals surface area (Å²) in [5.41, 5.74) is 5.50. The van der Waals surface area contributed by atoms with Crippen LogP contribution in [0.2, 0.25) is 0 Å². The van der Waals surface area contributed by atoms with Crippen molar-refractivity contribution in [3.8, 4) is 0 Å². The normalized spacial score (nSPS) is 11.8. The Morgan fingerprint density at radius 2 is 1.25 bits per heavy atom. The summed E-state index contributed by atoms with van der Waals surface area (Å²) >= 11 is 0. The molecular formula is C33H29NO5S. The van der Waals surface area contributed by atoms with Gasteiger partial charge in [-0.1, -0.05) is 86.3 Å². The number of allylic oxidation sites excluding steroid dienone is 1. The summed E-state index contributed by atoms with van der Waals surface area (Å²) < 4.78 is 32.6. The number of sulfonamides is 1. The third kappa shape index (κ3) is 5.80. The second-order valence-corrected chi connectivity index (χ2v) is 10.6. The highest BCUT2D eigenvalue weighted by Gasteiger charge is 2.30. The van der Waals surface area contributed by atoms with Crippen molar-refractivity contribution < 1.29 is 22.7 Å². The van der Waals surface area contributed by atoms with Crippen LogP contribution in [0.25, 0.3) is 11.1 Å². The second-order valence-electron chi connectivity index (χ2n) is 8.81. The van der Waals surface area contributed by atoms with Crippen LogP contribution in [-0.2, 0) is 19.6 Å². The summed E-state index contributed by atoms with van der Waals surface area (Å²) in [7, 11) is -3.08. The SMILES string of the molecule is C=CC(=O)N(c1ccc(C(=C(CC)c2ccccc2)c2ccccc2)cc1)S(=O)(=O)c1ccc(C(=O)OC)cc1. The molecule has 0 aliphatic carbocycles. The number of rotatable bonds is 9. The van der Waals surface area contributed by atoms with Gasteiger partial charge >= 0.3 is 5.97 Å². The molecule has 40 heavy (non-hydrogen) atoms. The highest BCUT2D eigenvalue weighted by Crippen LogP contribution is 2.35. The van der Waals surface area contributed by atoms with Crippen LogP contribution in [-0.4, -0.2) is 27.4 Å². The maximum absolute atomic E-state index is 13.6. The van der Waals surface area contributed by atoms with Crippen molar-refractivity contribution in [3.05, 3.63) is 144 Å². The molecule has 4 aromatic carbocycles. The van der Waals surface area contributed by atoms with Gasteiger partial charge in [-0.2, -0.15) is 4.31 Å². The Kier molecular flexibility index (Phi) is 8.76. The van der Waals surface area contributed by atoms with Crippen LogP contribution in [0.15, 0.2) is 127 Å². The standard InChI is InChI=1S/C33H29NO5S/c1-4-30(24-12-8-6-9-13-24)32(25-14-10-7-11-15-25)26-16-20-28(21-17-26)34(31(35)5-2)40(37,38)29-22-18-27(19-23-29)33(36)39-3/h5-23H,2,4H2,1,3H3. The van der Waals surface area contributed by atoms with E-state index in [1.54, 1.807) is 12.1 Å². The van der Waals surface area contributed by atoms with Crippen molar-refractivity contribution in [3.63, 3.8) is 0 Å². The van der Waals surface area contributed by atoms with E-state index in [1.165, 1.54) is 31.4 Å². The average molecular weight is 552 g/mol. The monoisotopic (exact) mass is 551 g/mol. The van der Waals surface area contributed by atoms with Crippen molar-refractivity contribution in [2.75, 3.05) is 11.4 Å². The number of hydrogen-bond acceptors (Lipinski definition) is 5. The van der Waals surface area contributed by atoms with E-state index < -0.39 is 21.9 Å². The van der Waals surface area contributed by atoms with Crippen LogP contribution in [0.5, 0.6) is 0 Å². The molecule has 7 heteroatoms. The van der Waals surface area contributed by atoms with Crippen LogP contribution < -0.4 is 4.31 Å². The van der Waals surface area contributed by atoms with Crippen molar-refractivity contribution in [2.24, 2.45) is 0 Å². The van der Waals surface area contributed by atoms with E-state index in [1.807, 2.05) is 60.7 Å². The number of methoxy groups -OCH3 is 1. The number of nitrogens with zero attached hydrogens (tertiary/aromatic N) is 1. The van der Waals surface area contributed by atoms with E-state index in [-0.39, 0.29) is 16.1 Å². The van der Waals surface area contributed by atoms with E-state index in [0.29, 0.717) is 4.31 Å². The number of benzene rings is 4. The topological polar surface area (TPSA) is 80.8 Å². The van der Waals surface area contributed by atoms with Gasteiger partial charge in [0.05, 0.1) is 23.3 Å². The lowest BCUT2D eigenvalue weighted by molar-refractivity contribution is -0.113. The van der Waals surface area contributed by atoms with Gasteiger partial charge in [-0.05, 0) is 76.7 Å². The first-order chi connectivity index (χ1) is 19.3. The predicted molar refractivity (Wildman–Crippen MR) is 158 cm³/mol. The summed E-state index contributed by atoms with van der Waals surface area (Å²) in [4.78, 5) is 24.5. The van der Waals surface area contributed by atoms with Gasteiger partial charge in [-0.25, -0.2) is 13.2 Å². The Morgan fingerprint density at radius 1 is 0.750 bits per heavy atom. The van der Waals surface area contributed by atoms with Gasteiger partial charge in [0.2, 0.25) is 0 Å². The molecule has 0 saturated carbocycles. The van der Waals surface area contributed by atoms with Gasteiger partial charge in [0.25, 0.3) is 15.9 Å². The molecule has 0 atom stereocenters. The molecule has 6 nitrogen and oxygen atoms in total. The highest BCUT2D eigenvalue weighted by atomic mass is 32.2. The number of carbonyl (C=O) groups is 2. The van der Waals surface area contributed by atoms with Crippen molar-refractivity contribution in [1.29, 1.82) is 0 Å². The van der Waals surface area contributed by atoms with Crippen molar-refractivity contribution in [2.45, 2.75) is 18.2 Å². The Morgan fingerprint density at radius 3 is 1.75 bits per heavy atom. The largest absolute Gasteiger partial charge is 0.465 e. The lowest BCUT2D eigenvalue weighted by atomic mass is 9.88. The number of carbonyl (C=O) groups excluding carboxylic acids is 2. The highest BCUT2D eigenvalue weighted by molar-refractivity contribution is 7.93. The molecule has 4 aromatic rings. The first kappa shape index (κ1) is 28.3. The first-order valence-electron chi connectivity index (χ1n) is 12.7. The molecule has 4 rings (SSSR count). The van der Waals surface area contributed by atoms with Crippen LogP contribution >= 0.6 is 0 Å². The predicted octanol–water partition coefficient (Wildman–Crippen LogP) is 6.75. The zero-order valence-corrected chi connectivity index (χ0v) is 23.1. The summed E-state index contributed by atoms with van der Waals surface area (Å²) in [6.07, 6.45) is 1.72. The van der Waals surface area contributed by atoms with E-state index in [4.69, 9.17) is 0 Å². The fourth-order valence-corrected chi connectivity index (χ4v) is 5.90. The van der Waals surface area contributed by atoms with Gasteiger partial charge in [0, 0.05) is 0 Å². The lowest BCUT2D eigenvalue weighted by Gasteiger charge is -2.22. The zero-order valence-electron chi connectivity index (χ0n) is 22.3. The summed E-state index contributed by atoms with van der Waals surface area (Å²) in [6.45, 7) is 5.59. The van der Waals surface area contributed by atoms with Crippen LogP contribution in [0.4, 0.5) is 5.69 Å². The molecule has 0 saturated heterocycles. The fourth-order valence-electron chi connectivity index (χ4n) is 4.50. The third-order valence-corrected chi connectivity index (χ3v) is 8.16. The van der Waals surface area contributed by atoms with Crippen LogP contribution in [0, 0.1) is 0 Å². The molecule has 0 aromatic heterocycles. The molecular weight excluding hydrogens is 522 g/mol. The number of anilines is 1. The molecule has 1 amide bonds. The van der Waals surface area contributed by atoms with Gasteiger partial charge in [-0.3, -0.25) is 4.79 Å². The Bertz CT molecular complexity index is 1640. The first-order valence-corrected chi connectivity index (χ1v) is 14.1. The second kappa shape index (κ2) is 12.4. The fraction of sp³-hybridized carbons (Fsp3) is 0.0909. The van der Waals surface area contributed by atoms with Crippen LogP contribution in [0.1, 0.15) is 40.4 Å². The van der Waals surface area contributed by atoms with Crippen LogP contribution in [0.3, 0.4) is 0 Å². The number of amides is 1. The van der Waals surface area contributed by atoms with Crippen molar-refractivity contribution in [1.82, 2.24) is 0 Å². The molecule has 0 aliphatic rings. The minimum atomic E-state index is -4.32. The summed E-state index contributed by atoms with van der Waals surface area (Å²) in [5, 5.41) is 0. The van der Waals surface area contributed by atoms with Gasteiger partial charge in [0.1, 0.15) is 0 Å². The molecule has 0 heterocycles. The van der Waals surface area contributed by atoms with E-state index in [0.717, 1.165) is 40.3 Å². The molecule has 0 aliphatic heterocycles. The smallest absolute Gasteiger partial charge is 0.337 e. The van der Waals surface area contributed by atoms with E-state index >= 15 is 0 Å². The molecule has 0 radical (unpaired) electrons. The zero-order chi connectivity index (χ0) is 28.7. The third-order valence-electron chi connectivity index (χ3n) is 6.42. The molecule has 0 N–H and O–H groups in total. The van der Waals surface area contributed by atoms with Gasteiger partial charge in [0.15, 0.2) is 0 Å². The van der Waals surface area contributed by atoms with E-state index in [9.17, 15) is 18.0 Å². The quantitative estimate of drug-likeness (QED) is 0.131. The number of ether oxygens (including phenoxy) is 1. The average Bonchev–Trinajstić information content (AvgIpc) is 3.00. The van der Waals surface area contributed by atoms with Gasteiger partial charge in [-0.15, -0.1) is 0 Å². The molecule has 0 fully saturated rings. The minimum absolute atomic E-state index is 0.151. The Balaban J connectivity index is 1.81. The lowest BCUT2D eigenvalue weighted by Crippen LogP contribution is -2.35. The number of hydrogen-bond donors (Lipinski definition) is 0. The Labute approximate surface area is 234 Å².